The SMILES string of the molecule is Cc1cc2c(NCC(c3ccco3)N3CCC(C)CC3)nc(N(C)C)nc2[nH]1. The zero-order valence-electron chi connectivity index (χ0n) is 17.2. The van der Waals surface area contributed by atoms with E-state index in [0.29, 0.717) is 5.95 Å². The van der Waals surface area contributed by atoms with Gasteiger partial charge in [0.1, 0.15) is 17.2 Å². The normalized spacial score (nSPS) is 17.1. The Bertz CT molecular complexity index is 909. The van der Waals surface area contributed by atoms with Crippen molar-refractivity contribution in [3.63, 3.8) is 0 Å². The van der Waals surface area contributed by atoms with E-state index in [2.05, 4.69) is 39.2 Å². The number of hydrogen-bond donors (Lipinski definition) is 2. The van der Waals surface area contributed by atoms with E-state index in [1.54, 1.807) is 6.26 Å². The molecule has 0 saturated carbocycles. The highest BCUT2D eigenvalue weighted by Gasteiger charge is 2.27. The maximum absolute atomic E-state index is 5.79. The second-order valence-electron chi connectivity index (χ2n) is 8.11. The molecule has 1 unspecified atom stereocenters. The van der Waals surface area contributed by atoms with Crippen LogP contribution in [0.1, 0.15) is 37.3 Å². The van der Waals surface area contributed by atoms with Crippen LogP contribution in [-0.4, -0.2) is 53.6 Å². The molecule has 3 aromatic rings. The van der Waals surface area contributed by atoms with Crippen LogP contribution < -0.4 is 10.2 Å². The number of nitrogens with zero attached hydrogens (tertiary/aromatic N) is 4. The fraction of sp³-hybridized carbons (Fsp3) is 0.524. The molecule has 0 spiro atoms. The third-order valence-corrected chi connectivity index (χ3v) is 5.60. The molecule has 7 heteroatoms. The van der Waals surface area contributed by atoms with Crippen molar-refractivity contribution in [2.24, 2.45) is 5.92 Å². The summed E-state index contributed by atoms with van der Waals surface area (Å²) in [6.45, 7) is 7.32. The standard InChI is InChI=1S/C21H30N6O/c1-14-7-9-27(10-8-14)17(18-6-5-11-28-18)13-22-19-16-12-15(2)23-20(16)25-21(24-19)26(3)4/h5-6,11-12,14,17H,7-10,13H2,1-4H3,(H2,22,23,24,25). The van der Waals surface area contributed by atoms with Crippen LogP contribution >= 0.6 is 0 Å². The van der Waals surface area contributed by atoms with Crippen LogP contribution in [-0.2, 0) is 0 Å². The Morgan fingerprint density at radius 1 is 1.32 bits per heavy atom. The van der Waals surface area contributed by atoms with Crippen molar-refractivity contribution in [2.75, 3.05) is 43.9 Å². The number of nitrogens with one attached hydrogen (secondary N) is 2. The Morgan fingerprint density at radius 2 is 2.11 bits per heavy atom. The molecule has 1 saturated heterocycles. The molecular formula is C21H30N6O. The quantitative estimate of drug-likeness (QED) is 0.675. The number of fused-ring (bicyclic) bond motifs is 1. The maximum Gasteiger partial charge on any atom is 0.228 e. The third-order valence-electron chi connectivity index (χ3n) is 5.60. The van der Waals surface area contributed by atoms with Crippen LogP contribution in [0.3, 0.4) is 0 Å². The number of furan rings is 1. The zero-order valence-corrected chi connectivity index (χ0v) is 17.2. The summed E-state index contributed by atoms with van der Waals surface area (Å²) in [7, 11) is 3.92. The third kappa shape index (κ3) is 3.85. The first-order chi connectivity index (χ1) is 13.5. The van der Waals surface area contributed by atoms with Crippen LogP contribution in [0.15, 0.2) is 28.9 Å². The topological polar surface area (TPSA) is 73.2 Å². The molecular weight excluding hydrogens is 352 g/mol. The summed E-state index contributed by atoms with van der Waals surface area (Å²) in [6.07, 6.45) is 4.23. The molecule has 4 rings (SSSR count). The highest BCUT2D eigenvalue weighted by molar-refractivity contribution is 5.89. The van der Waals surface area contributed by atoms with Gasteiger partial charge in [0.25, 0.3) is 0 Å². The van der Waals surface area contributed by atoms with Gasteiger partial charge in [-0.05, 0) is 57.0 Å². The Balaban J connectivity index is 1.60. The first-order valence-corrected chi connectivity index (χ1v) is 10.1. The lowest BCUT2D eigenvalue weighted by Gasteiger charge is -2.36. The Hall–Kier alpha value is -2.54. The van der Waals surface area contributed by atoms with E-state index in [1.165, 1.54) is 12.8 Å². The van der Waals surface area contributed by atoms with Crippen molar-refractivity contribution < 1.29 is 4.42 Å². The summed E-state index contributed by atoms with van der Waals surface area (Å²) in [5.41, 5.74) is 1.94. The Kier molecular flexibility index (Phi) is 5.26. The first kappa shape index (κ1) is 18.8. The van der Waals surface area contributed by atoms with Crippen molar-refractivity contribution in [1.82, 2.24) is 19.9 Å². The van der Waals surface area contributed by atoms with E-state index in [1.807, 2.05) is 32.0 Å². The van der Waals surface area contributed by atoms with Crippen molar-refractivity contribution in [2.45, 2.75) is 32.7 Å². The first-order valence-electron chi connectivity index (χ1n) is 10.1. The summed E-state index contributed by atoms with van der Waals surface area (Å²) >= 11 is 0. The minimum Gasteiger partial charge on any atom is -0.468 e. The van der Waals surface area contributed by atoms with E-state index in [0.717, 1.165) is 53.9 Å². The fourth-order valence-electron chi connectivity index (χ4n) is 3.89. The van der Waals surface area contributed by atoms with Gasteiger partial charge in [0.05, 0.1) is 17.7 Å². The lowest BCUT2D eigenvalue weighted by molar-refractivity contribution is 0.129. The van der Waals surface area contributed by atoms with E-state index >= 15 is 0 Å². The van der Waals surface area contributed by atoms with E-state index in [-0.39, 0.29) is 6.04 Å². The van der Waals surface area contributed by atoms with E-state index < -0.39 is 0 Å². The number of aromatic amines is 1. The summed E-state index contributed by atoms with van der Waals surface area (Å²) in [6, 6.07) is 6.33. The lowest BCUT2D eigenvalue weighted by atomic mass is 9.97. The maximum atomic E-state index is 5.79. The molecule has 0 radical (unpaired) electrons. The van der Waals surface area contributed by atoms with Gasteiger partial charge < -0.3 is 19.6 Å². The molecule has 0 aromatic carbocycles. The van der Waals surface area contributed by atoms with E-state index in [9.17, 15) is 0 Å². The van der Waals surface area contributed by atoms with Crippen molar-refractivity contribution in [1.29, 1.82) is 0 Å². The predicted molar refractivity (Wildman–Crippen MR) is 113 cm³/mol. The van der Waals surface area contributed by atoms with Crippen LogP contribution in [0.25, 0.3) is 11.0 Å². The molecule has 28 heavy (non-hydrogen) atoms. The van der Waals surface area contributed by atoms with Gasteiger partial charge in [0, 0.05) is 26.3 Å². The number of anilines is 2. The lowest BCUT2D eigenvalue weighted by Crippen LogP contribution is -2.39. The van der Waals surface area contributed by atoms with Gasteiger partial charge >= 0.3 is 0 Å². The molecule has 1 aliphatic rings. The molecule has 150 valence electrons. The van der Waals surface area contributed by atoms with Crippen molar-refractivity contribution in [3.8, 4) is 0 Å². The molecule has 4 heterocycles. The highest BCUT2D eigenvalue weighted by Crippen LogP contribution is 2.29. The van der Waals surface area contributed by atoms with Gasteiger partial charge in [0.15, 0.2) is 0 Å². The van der Waals surface area contributed by atoms with Crippen LogP contribution in [0.2, 0.25) is 0 Å². The molecule has 7 nitrogen and oxygen atoms in total. The van der Waals surface area contributed by atoms with Gasteiger partial charge in [0.2, 0.25) is 5.95 Å². The van der Waals surface area contributed by atoms with Gasteiger partial charge in [-0.1, -0.05) is 6.92 Å². The minimum absolute atomic E-state index is 0.190. The van der Waals surface area contributed by atoms with Crippen LogP contribution in [0.5, 0.6) is 0 Å². The molecule has 2 N–H and O–H groups in total. The van der Waals surface area contributed by atoms with E-state index in [4.69, 9.17) is 9.40 Å². The fourth-order valence-corrected chi connectivity index (χ4v) is 3.89. The molecule has 0 amide bonds. The number of aryl methyl sites for hydroxylation is 1. The molecule has 1 fully saturated rings. The molecule has 1 atom stereocenters. The second-order valence-corrected chi connectivity index (χ2v) is 8.11. The van der Waals surface area contributed by atoms with Gasteiger partial charge in [-0.15, -0.1) is 0 Å². The molecule has 0 aliphatic carbocycles. The minimum atomic E-state index is 0.190. The zero-order chi connectivity index (χ0) is 19.7. The van der Waals surface area contributed by atoms with Crippen molar-refractivity contribution in [3.05, 3.63) is 35.9 Å². The molecule has 3 aromatic heterocycles. The Morgan fingerprint density at radius 3 is 2.79 bits per heavy atom. The second kappa shape index (κ2) is 7.83. The van der Waals surface area contributed by atoms with Gasteiger partial charge in [-0.25, -0.2) is 0 Å². The monoisotopic (exact) mass is 382 g/mol. The summed E-state index contributed by atoms with van der Waals surface area (Å²) in [5.74, 6) is 3.36. The molecule has 1 aliphatic heterocycles. The number of likely N-dealkylation sites (tertiary alicyclic amines) is 1. The number of H-pyrrole nitrogens is 1. The van der Waals surface area contributed by atoms with Crippen molar-refractivity contribution >= 4 is 22.8 Å². The predicted octanol–water partition coefficient (Wildman–Crippen LogP) is 3.81. The van der Waals surface area contributed by atoms with Crippen LogP contribution in [0, 0.1) is 12.8 Å². The van der Waals surface area contributed by atoms with Gasteiger partial charge in [-0.2, -0.15) is 9.97 Å². The highest BCUT2D eigenvalue weighted by atomic mass is 16.3. The van der Waals surface area contributed by atoms with Gasteiger partial charge in [-0.3, -0.25) is 4.90 Å². The largest absolute Gasteiger partial charge is 0.468 e. The smallest absolute Gasteiger partial charge is 0.228 e. The van der Waals surface area contributed by atoms with Crippen LogP contribution in [0.4, 0.5) is 11.8 Å². The molecule has 0 bridgehead atoms. The Labute approximate surface area is 166 Å². The number of rotatable bonds is 6. The summed E-state index contributed by atoms with van der Waals surface area (Å²) in [4.78, 5) is 17.2. The number of hydrogen-bond acceptors (Lipinski definition) is 6. The number of piperidine rings is 1. The average Bonchev–Trinajstić information content (AvgIpc) is 3.32. The number of aromatic nitrogens is 3. The summed E-state index contributed by atoms with van der Waals surface area (Å²) < 4.78 is 5.79. The average molecular weight is 383 g/mol. The summed E-state index contributed by atoms with van der Waals surface area (Å²) in [5, 5.41) is 4.62.